The number of aromatic nitrogens is 1. The number of methoxy groups -OCH3 is 2. The third-order valence-corrected chi connectivity index (χ3v) is 3.95. The molecule has 6 heteroatoms. The molecule has 3 rings (SSSR count). The molecule has 2 aromatic rings. The van der Waals surface area contributed by atoms with Gasteiger partial charge in [0.15, 0.2) is 0 Å². The maximum absolute atomic E-state index is 12.7. The second-order valence-corrected chi connectivity index (χ2v) is 5.75. The van der Waals surface area contributed by atoms with E-state index in [9.17, 15) is 4.79 Å². The molecular weight excluding hydrogens is 306 g/mol. The van der Waals surface area contributed by atoms with Gasteiger partial charge in [-0.1, -0.05) is 0 Å². The van der Waals surface area contributed by atoms with Crippen molar-refractivity contribution >= 4 is 11.7 Å². The second kappa shape index (κ2) is 7.21. The Morgan fingerprint density at radius 2 is 1.79 bits per heavy atom. The van der Waals surface area contributed by atoms with Gasteiger partial charge < -0.3 is 19.7 Å². The Morgan fingerprint density at radius 3 is 2.33 bits per heavy atom. The number of amides is 2. The number of anilines is 1. The first kappa shape index (κ1) is 16.1. The summed E-state index contributed by atoms with van der Waals surface area (Å²) in [4.78, 5) is 18.6. The highest BCUT2D eigenvalue weighted by atomic mass is 16.5. The molecule has 1 fully saturated rings. The van der Waals surface area contributed by atoms with Crippen LogP contribution >= 0.6 is 0 Å². The van der Waals surface area contributed by atoms with Crippen molar-refractivity contribution in [3.05, 3.63) is 48.3 Å². The molecule has 1 aliphatic carbocycles. The number of pyridine rings is 1. The Morgan fingerprint density at radius 1 is 1.17 bits per heavy atom. The number of ether oxygens (including phenoxy) is 2. The van der Waals surface area contributed by atoms with Gasteiger partial charge in [-0.25, -0.2) is 4.79 Å². The summed E-state index contributed by atoms with van der Waals surface area (Å²) < 4.78 is 10.5. The second-order valence-electron chi connectivity index (χ2n) is 5.75. The number of benzene rings is 1. The fourth-order valence-corrected chi connectivity index (χ4v) is 2.51. The highest BCUT2D eigenvalue weighted by Crippen LogP contribution is 2.30. The van der Waals surface area contributed by atoms with Crippen molar-refractivity contribution in [2.24, 2.45) is 0 Å². The fourth-order valence-electron chi connectivity index (χ4n) is 2.51. The molecule has 1 saturated carbocycles. The monoisotopic (exact) mass is 327 g/mol. The molecule has 0 spiro atoms. The number of urea groups is 1. The van der Waals surface area contributed by atoms with E-state index >= 15 is 0 Å². The lowest BCUT2D eigenvalue weighted by atomic mass is 10.2. The van der Waals surface area contributed by atoms with Gasteiger partial charge in [0.1, 0.15) is 11.5 Å². The topological polar surface area (TPSA) is 63.7 Å². The molecule has 24 heavy (non-hydrogen) atoms. The molecule has 1 aromatic carbocycles. The highest BCUT2D eigenvalue weighted by Gasteiger charge is 2.32. The summed E-state index contributed by atoms with van der Waals surface area (Å²) in [7, 11) is 3.17. The number of nitrogens with one attached hydrogen (secondary N) is 1. The summed E-state index contributed by atoms with van der Waals surface area (Å²) in [5.74, 6) is 1.27. The van der Waals surface area contributed by atoms with Crippen LogP contribution in [0.3, 0.4) is 0 Å². The average molecular weight is 327 g/mol. The van der Waals surface area contributed by atoms with Gasteiger partial charge in [0.2, 0.25) is 0 Å². The van der Waals surface area contributed by atoms with Crippen molar-refractivity contribution in [2.45, 2.75) is 25.4 Å². The van der Waals surface area contributed by atoms with Gasteiger partial charge in [0.25, 0.3) is 0 Å². The van der Waals surface area contributed by atoms with E-state index in [1.807, 2.05) is 17.0 Å². The van der Waals surface area contributed by atoms with E-state index in [1.165, 1.54) is 0 Å². The standard InChI is InChI=1S/C18H21N3O3/c1-23-16-9-14(10-17(11-16)24-2)20-18(22)21(15-3-4-15)12-13-5-7-19-8-6-13/h5-11,15H,3-4,12H2,1-2H3,(H,20,22). The van der Waals surface area contributed by atoms with Crippen molar-refractivity contribution in [1.29, 1.82) is 0 Å². The van der Waals surface area contributed by atoms with E-state index in [1.54, 1.807) is 44.8 Å². The molecule has 1 aliphatic rings. The smallest absolute Gasteiger partial charge is 0.322 e. The number of hydrogen-bond acceptors (Lipinski definition) is 4. The predicted octanol–water partition coefficient (Wildman–Crippen LogP) is 3.30. The summed E-state index contributed by atoms with van der Waals surface area (Å²) in [6, 6.07) is 9.35. The summed E-state index contributed by atoms with van der Waals surface area (Å²) >= 11 is 0. The highest BCUT2D eigenvalue weighted by molar-refractivity contribution is 5.90. The zero-order valence-corrected chi connectivity index (χ0v) is 13.9. The predicted molar refractivity (Wildman–Crippen MR) is 91.4 cm³/mol. The van der Waals surface area contributed by atoms with Crippen LogP contribution < -0.4 is 14.8 Å². The number of carbonyl (C=O) groups is 1. The summed E-state index contributed by atoms with van der Waals surface area (Å²) in [5, 5.41) is 2.94. The quantitative estimate of drug-likeness (QED) is 0.884. The molecule has 0 unspecified atom stereocenters. The molecule has 0 saturated heterocycles. The zero-order chi connectivity index (χ0) is 16.9. The maximum atomic E-state index is 12.7. The van der Waals surface area contributed by atoms with Crippen LogP contribution in [0.1, 0.15) is 18.4 Å². The van der Waals surface area contributed by atoms with Crippen molar-refractivity contribution in [3.63, 3.8) is 0 Å². The van der Waals surface area contributed by atoms with Crippen LogP contribution in [0.2, 0.25) is 0 Å². The zero-order valence-electron chi connectivity index (χ0n) is 13.9. The number of carbonyl (C=O) groups excluding carboxylic acids is 1. The fraction of sp³-hybridized carbons (Fsp3) is 0.333. The van der Waals surface area contributed by atoms with Crippen molar-refractivity contribution in [3.8, 4) is 11.5 Å². The third-order valence-electron chi connectivity index (χ3n) is 3.95. The van der Waals surface area contributed by atoms with Crippen LogP contribution in [-0.2, 0) is 6.54 Å². The van der Waals surface area contributed by atoms with Crippen LogP contribution in [0.25, 0.3) is 0 Å². The lowest BCUT2D eigenvalue weighted by Crippen LogP contribution is -2.36. The van der Waals surface area contributed by atoms with Gasteiger partial charge in [-0.3, -0.25) is 4.98 Å². The van der Waals surface area contributed by atoms with E-state index in [0.717, 1.165) is 18.4 Å². The molecule has 0 aliphatic heterocycles. The number of nitrogens with zero attached hydrogens (tertiary/aromatic N) is 2. The van der Waals surface area contributed by atoms with Gasteiger partial charge in [0, 0.05) is 48.9 Å². The molecule has 1 heterocycles. The molecule has 1 aromatic heterocycles. The third kappa shape index (κ3) is 3.95. The minimum atomic E-state index is -0.121. The Hall–Kier alpha value is -2.76. The van der Waals surface area contributed by atoms with E-state index in [2.05, 4.69) is 10.3 Å². The molecule has 126 valence electrons. The molecule has 2 amide bonds. The number of hydrogen-bond donors (Lipinski definition) is 1. The van der Waals surface area contributed by atoms with Gasteiger partial charge in [-0.15, -0.1) is 0 Å². The Kier molecular flexibility index (Phi) is 4.84. The maximum Gasteiger partial charge on any atom is 0.322 e. The Labute approximate surface area is 141 Å². The van der Waals surface area contributed by atoms with Crippen molar-refractivity contribution in [1.82, 2.24) is 9.88 Å². The average Bonchev–Trinajstić information content (AvgIpc) is 3.45. The Balaban J connectivity index is 1.74. The number of rotatable bonds is 6. The van der Waals surface area contributed by atoms with Crippen LogP contribution in [0.15, 0.2) is 42.7 Å². The minimum Gasteiger partial charge on any atom is -0.497 e. The Bertz CT molecular complexity index is 680. The molecule has 6 nitrogen and oxygen atoms in total. The van der Waals surface area contributed by atoms with E-state index in [4.69, 9.17) is 9.47 Å². The van der Waals surface area contributed by atoms with Crippen LogP contribution in [0.4, 0.5) is 10.5 Å². The van der Waals surface area contributed by atoms with E-state index < -0.39 is 0 Å². The van der Waals surface area contributed by atoms with Crippen molar-refractivity contribution in [2.75, 3.05) is 19.5 Å². The minimum absolute atomic E-state index is 0.121. The molecule has 1 N–H and O–H groups in total. The van der Waals surface area contributed by atoms with Crippen LogP contribution in [0, 0.1) is 0 Å². The molecular formula is C18H21N3O3. The van der Waals surface area contributed by atoms with Gasteiger partial charge in [-0.2, -0.15) is 0 Å². The van der Waals surface area contributed by atoms with Gasteiger partial charge in [-0.05, 0) is 30.5 Å². The molecule has 0 atom stereocenters. The summed E-state index contributed by atoms with van der Waals surface area (Å²) in [6.07, 6.45) is 5.57. The van der Waals surface area contributed by atoms with E-state index in [-0.39, 0.29) is 6.03 Å². The summed E-state index contributed by atoms with van der Waals surface area (Å²) in [5.41, 5.74) is 1.71. The largest absolute Gasteiger partial charge is 0.497 e. The lowest BCUT2D eigenvalue weighted by molar-refractivity contribution is 0.206. The first-order valence-electron chi connectivity index (χ1n) is 7.89. The van der Waals surface area contributed by atoms with Crippen LogP contribution in [0.5, 0.6) is 11.5 Å². The normalized spacial score (nSPS) is 13.2. The van der Waals surface area contributed by atoms with E-state index in [0.29, 0.717) is 29.8 Å². The summed E-state index contributed by atoms with van der Waals surface area (Å²) in [6.45, 7) is 0.570. The van der Waals surface area contributed by atoms with Crippen molar-refractivity contribution < 1.29 is 14.3 Å². The SMILES string of the molecule is COc1cc(NC(=O)N(Cc2ccncc2)C2CC2)cc(OC)c1. The molecule has 0 bridgehead atoms. The van der Waals surface area contributed by atoms with Gasteiger partial charge in [0.05, 0.1) is 14.2 Å². The lowest BCUT2D eigenvalue weighted by Gasteiger charge is -2.23. The molecule has 0 radical (unpaired) electrons. The van der Waals surface area contributed by atoms with Crippen LogP contribution in [-0.4, -0.2) is 36.2 Å². The first-order valence-corrected chi connectivity index (χ1v) is 7.89. The first-order chi connectivity index (χ1) is 11.7. The van der Waals surface area contributed by atoms with Gasteiger partial charge >= 0.3 is 6.03 Å².